The maximum absolute atomic E-state index is 12.3. The smallest absolute Gasteiger partial charge is 0.408 e. The average Bonchev–Trinajstić information content (AvgIpc) is 2.92. The van der Waals surface area contributed by atoms with Crippen LogP contribution in [0.3, 0.4) is 0 Å². The van der Waals surface area contributed by atoms with Crippen LogP contribution in [0.15, 0.2) is 24.3 Å². The Hall–Kier alpha value is -2.57. The standard InChI is InChI=1S/C13H13N3O4/c14-10(17)9-5-13(6-16(9)12(19)20)7-3-1-2-4-8(7)15-11(13)18/h1-4,9H,5-6H2,(H2,14,17)(H,15,18)(H,19,20)/t9-,13-/m0/s1. The van der Waals surface area contributed by atoms with E-state index in [1.165, 1.54) is 0 Å². The molecule has 4 N–H and O–H groups in total. The Labute approximate surface area is 114 Å². The molecule has 0 unspecified atom stereocenters. The van der Waals surface area contributed by atoms with E-state index in [9.17, 15) is 19.5 Å². The molecule has 2 aliphatic rings. The van der Waals surface area contributed by atoms with Gasteiger partial charge in [-0.05, 0) is 18.1 Å². The second kappa shape index (κ2) is 3.96. The molecule has 0 radical (unpaired) electrons. The Bertz CT molecular complexity index is 606. The van der Waals surface area contributed by atoms with E-state index >= 15 is 0 Å². The molecule has 0 saturated carbocycles. The first kappa shape index (κ1) is 12.5. The van der Waals surface area contributed by atoms with Crippen molar-refractivity contribution in [1.29, 1.82) is 0 Å². The number of fused-ring (bicyclic) bond motifs is 2. The number of hydrogen-bond donors (Lipinski definition) is 3. The molecule has 7 nitrogen and oxygen atoms in total. The van der Waals surface area contributed by atoms with Gasteiger partial charge in [-0.15, -0.1) is 0 Å². The highest BCUT2D eigenvalue weighted by Crippen LogP contribution is 2.46. The predicted molar refractivity (Wildman–Crippen MR) is 69.1 cm³/mol. The van der Waals surface area contributed by atoms with Crippen molar-refractivity contribution in [2.75, 3.05) is 11.9 Å². The summed E-state index contributed by atoms with van der Waals surface area (Å²) in [5, 5.41) is 11.9. The largest absolute Gasteiger partial charge is 0.465 e. The summed E-state index contributed by atoms with van der Waals surface area (Å²) in [6, 6.07) is 6.11. The molecule has 7 heteroatoms. The minimum atomic E-state index is -1.25. The van der Waals surface area contributed by atoms with Crippen LogP contribution in [0.5, 0.6) is 0 Å². The van der Waals surface area contributed by atoms with E-state index in [4.69, 9.17) is 5.73 Å². The van der Waals surface area contributed by atoms with E-state index in [0.717, 1.165) is 10.5 Å². The number of anilines is 1. The van der Waals surface area contributed by atoms with E-state index in [2.05, 4.69) is 5.32 Å². The Balaban J connectivity index is 2.08. The van der Waals surface area contributed by atoms with Crippen molar-refractivity contribution in [3.05, 3.63) is 29.8 Å². The van der Waals surface area contributed by atoms with Gasteiger partial charge < -0.3 is 16.2 Å². The molecule has 0 bridgehead atoms. The molecule has 1 aromatic rings. The molecular formula is C13H13N3O4. The molecule has 0 aromatic heterocycles. The van der Waals surface area contributed by atoms with Gasteiger partial charge in [0.25, 0.3) is 0 Å². The van der Waals surface area contributed by atoms with Crippen LogP contribution in [0.1, 0.15) is 12.0 Å². The average molecular weight is 275 g/mol. The van der Waals surface area contributed by atoms with Gasteiger partial charge in [0.05, 0.1) is 5.41 Å². The molecule has 2 atom stereocenters. The number of nitrogens with two attached hydrogens (primary N) is 1. The van der Waals surface area contributed by atoms with E-state index in [0.29, 0.717) is 5.69 Å². The van der Waals surface area contributed by atoms with Crippen LogP contribution in [-0.4, -0.2) is 40.5 Å². The van der Waals surface area contributed by atoms with Crippen LogP contribution in [-0.2, 0) is 15.0 Å². The molecule has 1 saturated heterocycles. The number of carbonyl (C=O) groups excluding carboxylic acids is 2. The van der Waals surface area contributed by atoms with Gasteiger partial charge in [-0.3, -0.25) is 14.5 Å². The number of primary amides is 1. The molecule has 3 amide bonds. The lowest BCUT2D eigenvalue weighted by Crippen LogP contribution is -2.43. The fourth-order valence-corrected chi connectivity index (χ4v) is 3.09. The Kier molecular flexibility index (Phi) is 2.47. The highest BCUT2D eigenvalue weighted by atomic mass is 16.4. The Morgan fingerprint density at radius 3 is 2.70 bits per heavy atom. The van der Waals surface area contributed by atoms with Gasteiger partial charge >= 0.3 is 6.09 Å². The predicted octanol–water partition coefficient (Wildman–Crippen LogP) is 0.114. The molecule has 104 valence electrons. The van der Waals surface area contributed by atoms with Crippen molar-refractivity contribution in [3.8, 4) is 0 Å². The van der Waals surface area contributed by atoms with Gasteiger partial charge in [-0.25, -0.2) is 4.79 Å². The second-order valence-electron chi connectivity index (χ2n) is 5.11. The topological polar surface area (TPSA) is 113 Å². The molecule has 1 fully saturated rings. The number of likely N-dealkylation sites (tertiary alicyclic amines) is 1. The lowest BCUT2D eigenvalue weighted by atomic mass is 9.79. The lowest BCUT2D eigenvalue weighted by molar-refractivity contribution is -0.121. The van der Waals surface area contributed by atoms with Crippen LogP contribution < -0.4 is 11.1 Å². The number of carboxylic acid groups (broad SMARTS) is 1. The minimum absolute atomic E-state index is 0.0568. The maximum Gasteiger partial charge on any atom is 0.408 e. The molecule has 20 heavy (non-hydrogen) atoms. The zero-order valence-corrected chi connectivity index (χ0v) is 10.5. The van der Waals surface area contributed by atoms with Crippen LogP contribution in [0, 0.1) is 0 Å². The maximum atomic E-state index is 12.3. The third-order valence-corrected chi connectivity index (χ3v) is 4.06. The van der Waals surface area contributed by atoms with Gasteiger partial charge in [0.1, 0.15) is 6.04 Å². The third kappa shape index (κ3) is 1.49. The third-order valence-electron chi connectivity index (χ3n) is 4.06. The fourth-order valence-electron chi connectivity index (χ4n) is 3.09. The first-order valence-electron chi connectivity index (χ1n) is 6.15. The van der Waals surface area contributed by atoms with Crippen molar-refractivity contribution in [2.45, 2.75) is 17.9 Å². The summed E-state index contributed by atoms with van der Waals surface area (Å²) in [5.74, 6) is -1.02. The van der Waals surface area contributed by atoms with Gasteiger partial charge in [-0.2, -0.15) is 0 Å². The number of nitrogens with zero attached hydrogens (tertiary/aromatic N) is 1. The minimum Gasteiger partial charge on any atom is -0.465 e. The zero-order valence-electron chi connectivity index (χ0n) is 10.5. The quantitative estimate of drug-likeness (QED) is 0.675. The number of nitrogens with one attached hydrogen (secondary N) is 1. The number of amides is 3. The van der Waals surface area contributed by atoms with E-state index in [-0.39, 0.29) is 18.9 Å². The van der Waals surface area contributed by atoms with Crippen molar-refractivity contribution in [1.82, 2.24) is 4.90 Å². The number of para-hydroxylation sites is 1. The van der Waals surface area contributed by atoms with E-state index in [1.807, 2.05) is 0 Å². The molecule has 0 aliphatic carbocycles. The van der Waals surface area contributed by atoms with E-state index < -0.39 is 23.5 Å². The van der Waals surface area contributed by atoms with Gasteiger partial charge in [0, 0.05) is 12.2 Å². The molecule has 3 rings (SSSR count). The first-order chi connectivity index (χ1) is 9.45. The number of carbonyl (C=O) groups is 3. The summed E-state index contributed by atoms with van der Waals surface area (Å²) in [6.07, 6.45) is -1.17. The Morgan fingerprint density at radius 1 is 1.40 bits per heavy atom. The summed E-state index contributed by atoms with van der Waals surface area (Å²) < 4.78 is 0. The lowest BCUT2D eigenvalue weighted by Gasteiger charge is -2.21. The first-order valence-corrected chi connectivity index (χ1v) is 6.15. The molecule has 1 spiro atoms. The summed E-state index contributed by atoms with van der Waals surface area (Å²) in [6.45, 7) is -0.0568. The molecule has 2 aliphatic heterocycles. The van der Waals surface area contributed by atoms with Gasteiger partial charge in [-0.1, -0.05) is 18.2 Å². The van der Waals surface area contributed by atoms with Gasteiger partial charge in [0.15, 0.2) is 0 Å². The van der Waals surface area contributed by atoms with Crippen LogP contribution >= 0.6 is 0 Å². The summed E-state index contributed by atoms with van der Waals surface area (Å²) in [7, 11) is 0. The fraction of sp³-hybridized carbons (Fsp3) is 0.308. The normalized spacial score (nSPS) is 27.5. The number of rotatable bonds is 1. The number of hydrogen-bond acceptors (Lipinski definition) is 3. The molecular weight excluding hydrogens is 262 g/mol. The number of benzene rings is 1. The highest BCUT2D eigenvalue weighted by Gasteiger charge is 2.57. The van der Waals surface area contributed by atoms with Gasteiger partial charge in [0.2, 0.25) is 11.8 Å². The van der Waals surface area contributed by atoms with Crippen molar-refractivity contribution in [2.24, 2.45) is 5.73 Å². The monoisotopic (exact) mass is 275 g/mol. The van der Waals surface area contributed by atoms with Crippen molar-refractivity contribution in [3.63, 3.8) is 0 Å². The summed E-state index contributed by atoms with van der Waals surface area (Å²) in [4.78, 5) is 36.0. The van der Waals surface area contributed by atoms with Crippen molar-refractivity contribution >= 4 is 23.6 Å². The van der Waals surface area contributed by atoms with Crippen LogP contribution in [0.2, 0.25) is 0 Å². The summed E-state index contributed by atoms with van der Waals surface area (Å²) >= 11 is 0. The van der Waals surface area contributed by atoms with Crippen LogP contribution in [0.25, 0.3) is 0 Å². The van der Waals surface area contributed by atoms with E-state index in [1.54, 1.807) is 24.3 Å². The SMILES string of the molecule is NC(=O)[C@@H]1C[C@@]2(CN1C(=O)O)C(=O)Nc1ccccc12. The zero-order chi connectivity index (χ0) is 14.5. The highest BCUT2D eigenvalue weighted by molar-refractivity contribution is 6.07. The molecule has 2 heterocycles. The van der Waals surface area contributed by atoms with Crippen LogP contribution in [0.4, 0.5) is 10.5 Å². The van der Waals surface area contributed by atoms with Crippen molar-refractivity contribution < 1.29 is 19.5 Å². The summed E-state index contributed by atoms with van der Waals surface area (Å²) in [5.41, 5.74) is 5.63. The second-order valence-corrected chi connectivity index (χ2v) is 5.11. The Morgan fingerprint density at radius 2 is 2.10 bits per heavy atom. The molecule has 1 aromatic carbocycles.